The standard InChI is InChI=1S/C14H18F3N/c1-2-8-13(9-5-10-18-13)11-6-3-4-7-12(11)14(15,16)17/h3-4,6-7,18H,2,5,8-10H2,1H3. The van der Waals surface area contributed by atoms with Crippen molar-refractivity contribution in [3.8, 4) is 0 Å². The first kappa shape index (κ1) is 13.4. The van der Waals surface area contributed by atoms with Crippen LogP contribution in [0.5, 0.6) is 0 Å². The van der Waals surface area contributed by atoms with E-state index in [0.29, 0.717) is 5.56 Å². The topological polar surface area (TPSA) is 12.0 Å². The molecular weight excluding hydrogens is 239 g/mol. The van der Waals surface area contributed by atoms with E-state index >= 15 is 0 Å². The van der Waals surface area contributed by atoms with E-state index in [4.69, 9.17) is 0 Å². The Labute approximate surface area is 105 Å². The molecule has 0 aliphatic carbocycles. The van der Waals surface area contributed by atoms with Crippen LogP contribution in [0.25, 0.3) is 0 Å². The lowest BCUT2D eigenvalue weighted by molar-refractivity contribution is -0.139. The first-order valence-corrected chi connectivity index (χ1v) is 6.41. The largest absolute Gasteiger partial charge is 0.416 e. The molecule has 0 aromatic heterocycles. The zero-order valence-corrected chi connectivity index (χ0v) is 10.5. The maximum Gasteiger partial charge on any atom is 0.416 e. The first-order valence-electron chi connectivity index (χ1n) is 6.41. The summed E-state index contributed by atoms with van der Waals surface area (Å²) >= 11 is 0. The number of nitrogens with one attached hydrogen (secondary N) is 1. The van der Waals surface area contributed by atoms with E-state index in [9.17, 15) is 13.2 Å². The summed E-state index contributed by atoms with van der Waals surface area (Å²) in [6.45, 7) is 2.81. The van der Waals surface area contributed by atoms with Crippen molar-refractivity contribution in [3.05, 3.63) is 35.4 Å². The highest BCUT2D eigenvalue weighted by molar-refractivity contribution is 5.36. The molecule has 0 radical (unpaired) electrons. The van der Waals surface area contributed by atoms with Crippen LogP contribution >= 0.6 is 0 Å². The van der Waals surface area contributed by atoms with Gasteiger partial charge in [-0.2, -0.15) is 13.2 Å². The molecule has 1 aromatic carbocycles. The Hall–Kier alpha value is -1.03. The van der Waals surface area contributed by atoms with E-state index in [2.05, 4.69) is 5.32 Å². The van der Waals surface area contributed by atoms with Gasteiger partial charge in [-0.05, 0) is 37.4 Å². The molecule has 1 fully saturated rings. The molecule has 1 atom stereocenters. The fourth-order valence-electron chi connectivity index (χ4n) is 2.96. The Morgan fingerprint density at radius 3 is 2.56 bits per heavy atom. The highest BCUT2D eigenvalue weighted by Gasteiger charge is 2.42. The van der Waals surface area contributed by atoms with Crippen molar-refractivity contribution in [2.75, 3.05) is 6.54 Å². The van der Waals surface area contributed by atoms with Crippen molar-refractivity contribution in [3.63, 3.8) is 0 Å². The predicted molar refractivity (Wildman–Crippen MR) is 65.3 cm³/mol. The van der Waals surface area contributed by atoms with Gasteiger partial charge in [0.05, 0.1) is 5.56 Å². The summed E-state index contributed by atoms with van der Waals surface area (Å²) in [7, 11) is 0. The zero-order chi connectivity index (χ0) is 13.2. The van der Waals surface area contributed by atoms with Crippen LogP contribution in [-0.4, -0.2) is 6.54 Å². The van der Waals surface area contributed by atoms with Gasteiger partial charge in [0, 0.05) is 5.54 Å². The lowest BCUT2D eigenvalue weighted by Crippen LogP contribution is -2.38. The molecule has 1 nitrogen and oxygen atoms in total. The summed E-state index contributed by atoms with van der Waals surface area (Å²) in [5.41, 5.74) is -0.564. The Morgan fingerprint density at radius 2 is 2.00 bits per heavy atom. The van der Waals surface area contributed by atoms with Crippen molar-refractivity contribution in [1.29, 1.82) is 0 Å². The lowest BCUT2D eigenvalue weighted by atomic mass is 9.81. The zero-order valence-electron chi connectivity index (χ0n) is 10.5. The quantitative estimate of drug-likeness (QED) is 0.860. The Morgan fingerprint density at radius 1 is 1.28 bits per heavy atom. The van der Waals surface area contributed by atoms with Gasteiger partial charge in [-0.15, -0.1) is 0 Å². The molecule has 1 aromatic rings. The molecule has 100 valence electrons. The smallest absolute Gasteiger partial charge is 0.307 e. The summed E-state index contributed by atoms with van der Waals surface area (Å²) in [6, 6.07) is 5.96. The van der Waals surface area contributed by atoms with Crippen molar-refractivity contribution in [2.45, 2.75) is 44.3 Å². The monoisotopic (exact) mass is 257 g/mol. The minimum Gasteiger partial charge on any atom is -0.307 e. The van der Waals surface area contributed by atoms with Crippen LogP contribution in [0.4, 0.5) is 13.2 Å². The Kier molecular flexibility index (Phi) is 3.66. The average molecular weight is 257 g/mol. The second-order valence-corrected chi connectivity index (χ2v) is 4.91. The van der Waals surface area contributed by atoms with E-state index < -0.39 is 17.3 Å². The molecule has 1 saturated heterocycles. The van der Waals surface area contributed by atoms with Crippen LogP contribution in [0.2, 0.25) is 0 Å². The van der Waals surface area contributed by atoms with Crippen LogP contribution < -0.4 is 5.32 Å². The number of halogens is 3. The van der Waals surface area contributed by atoms with Crippen molar-refractivity contribution in [1.82, 2.24) is 5.32 Å². The van der Waals surface area contributed by atoms with Crippen molar-refractivity contribution >= 4 is 0 Å². The number of alkyl halides is 3. The van der Waals surface area contributed by atoms with Gasteiger partial charge in [0.2, 0.25) is 0 Å². The van der Waals surface area contributed by atoms with Gasteiger partial charge in [-0.25, -0.2) is 0 Å². The summed E-state index contributed by atoms with van der Waals surface area (Å²) < 4.78 is 39.3. The SMILES string of the molecule is CCCC1(c2ccccc2C(F)(F)F)CCCN1. The molecule has 1 aliphatic heterocycles. The van der Waals surface area contributed by atoms with Crippen LogP contribution in [-0.2, 0) is 11.7 Å². The maximum atomic E-state index is 13.1. The molecule has 0 saturated carbocycles. The lowest BCUT2D eigenvalue weighted by Gasteiger charge is -2.32. The molecule has 1 unspecified atom stereocenters. The molecule has 0 bridgehead atoms. The van der Waals surface area contributed by atoms with Crippen molar-refractivity contribution < 1.29 is 13.2 Å². The number of hydrogen-bond acceptors (Lipinski definition) is 1. The van der Waals surface area contributed by atoms with Crippen LogP contribution in [0, 0.1) is 0 Å². The number of hydrogen-bond donors (Lipinski definition) is 1. The van der Waals surface area contributed by atoms with Gasteiger partial charge in [0.25, 0.3) is 0 Å². The molecule has 0 amide bonds. The van der Waals surface area contributed by atoms with Crippen LogP contribution in [0.3, 0.4) is 0 Å². The third-order valence-electron chi connectivity index (χ3n) is 3.67. The van der Waals surface area contributed by atoms with Gasteiger partial charge in [-0.1, -0.05) is 31.5 Å². The summed E-state index contributed by atoms with van der Waals surface area (Å²) in [5, 5.41) is 3.30. The van der Waals surface area contributed by atoms with Crippen molar-refractivity contribution in [2.24, 2.45) is 0 Å². The fraction of sp³-hybridized carbons (Fsp3) is 0.571. The first-order chi connectivity index (χ1) is 8.49. The fourth-order valence-corrected chi connectivity index (χ4v) is 2.96. The predicted octanol–water partition coefficient (Wildman–Crippen LogP) is 4.08. The molecule has 1 aliphatic rings. The maximum absolute atomic E-state index is 13.1. The molecule has 4 heteroatoms. The van der Waals surface area contributed by atoms with Gasteiger partial charge < -0.3 is 5.32 Å². The van der Waals surface area contributed by atoms with E-state index in [0.717, 1.165) is 32.2 Å². The van der Waals surface area contributed by atoms with Gasteiger partial charge in [0.15, 0.2) is 0 Å². The average Bonchev–Trinajstić information content (AvgIpc) is 2.78. The molecule has 2 rings (SSSR count). The normalized spacial score (nSPS) is 24.4. The highest BCUT2D eigenvalue weighted by atomic mass is 19.4. The summed E-state index contributed by atoms with van der Waals surface area (Å²) in [5.74, 6) is 0. The highest BCUT2D eigenvalue weighted by Crippen LogP contribution is 2.42. The molecule has 1 N–H and O–H groups in total. The summed E-state index contributed by atoms with van der Waals surface area (Å²) in [6.07, 6.45) is -0.930. The molecule has 18 heavy (non-hydrogen) atoms. The Bertz CT molecular complexity index is 406. The summed E-state index contributed by atoms with van der Waals surface area (Å²) in [4.78, 5) is 0. The van der Waals surface area contributed by atoms with E-state index in [1.807, 2.05) is 6.92 Å². The number of benzene rings is 1. The number of rotatable bonds is 3. The van der Waals surface area contributed by atoms with E-state index in [1.165, 1.54) is 12.1 Å². The van der Waals surface area contributed by atoms with E-state index in [-0.39, 0.29) is 0 Å². The third-order valence-corrected chi connectivity index (χ3v) is 3.67. The van der Waals surface area contributed by atoms with Crippen LogP contribution in [0.15, 0.2) is 24.3 Å². The Balaban J connectivity index is 2.48. The third kappa shape index (κ3) is 2.39. The minimum atomic E-state index is -4.28. The second kappa shape index (κ2) is 4.92. The second-order valence-electron chi connectivity index (χ2n) is 4.91. The molecular formula is C14H18F3N. The van der Waals surface area contributed by atoms with Crippen LogP contribution in [0.1, 0.15) is 43.7 Å². The molecule has 0 spiro atoms. The van der Waals surface area contributed by atoms with Gasteiger partial charge in [0.1, 0.15) is 0 Å². The molecule has 1 heterocycles. The van der Waals surface area contributed by atoms with Gasteiger partial charge >= 0.3 is 6.18 Å². The van der Waals surface area contributed by atoms with Gasteiger partial charge in [-0.3, -0.25) is 0 Å². The van der Waals surface area contributed by atoms with E-state index in [1.54, 1.807) is 12.1 Å². The minimum absolute atomic E-state index is 0.414.